The second kappa shape index (κ2) is 17.9. The Balaban J connectivity index is 1.30. The zero-order chi connectivity index (χ0) is 37.3. The lowest BCUT2D eigenvalue weighted by atomic mass is 9.70. The molecule has 3 heterocycles. The molecule has 1 saturated heterocycles. The molecule has 5 N–H and O–H groups in total. The van der Waals surface area contributed by atoms with Gasteiger partial charge < -0.3 is 26.4 Å². The molecule has 10 nitrogen and oxygen atoms in total. The first-order valence-electron chi connectivity index (χ1n) is 18.1. The van der Waals surface area contributed by atoms with Crippen LogP contribution >= 0.6 is 11.8 Å². The molecule has 11 heteroatoms. The average Bonchev–Trinajstić information content (AvgIpc) is 3.14. The minimum Gasteiger partial charge on any atom is -0.389 e. The van der Waals surface area contributed by atoms with Crippen LogP contribution in [0.15, 0.2) is 91.1 Å². The maximum atomic E-state index is 14.2. The number of aliphatic hydroxyl groups excluding tert-OH is 1. The summed E-state index contributed by atoms with van der Waals surface area (Å²) in [5.74, 6) is -0.899. The third-order valence-electron chi connectivity index (χ3n) is 9.59. The highest BCUT2D eigenvalue weighted by Gasteiger charge is 2.40. The van der Waals surface area contributed by atoms with E-state index in [0.717, 1.165) is 35.4 Å². The van der Waals surface area contributed by atoms with Gasteiger partial charge in [-0.2, -0.15) is 11.8 Å². The summed E-state index contributed by atoms with van der Waals surface area (Å²) in [6, 6.07) is 24.6. The number of rotatable bonds is 14. The molecule has 276 valence electrons. The monoisotopic (exact) mass is 724 g/mol. The van der Waals surface area contributed by atoms with Gasteiger partial charge in [-0.25, -0.2) is 4.98 Å². The van der Waals surface area contributed by atoms with Gasteiger partial charge in [0.15, 0.2) is 0 Å². The van der Waals surface area contributed by atoms with Gasteiger partial charge in [0.1, 0.15) is 11.7 Å². The molecule has 6 atom stereocenters. The van der Waals surface area contributed by atoms with E-state index < -0.39 is 41.5 Å². The lowest BCUT2D eigenvalue weighted by molar-refractivity contribution is -0.126. The number of fused-ring (bicyclic) bond motifs is 1. The zero-order valence-electron chi connectivity index (χ0n) is 30.7. The Bertz CT molecular complexity index is 1780. The highest BCUT2D eigenvalue weighted by molar-refractivity contribution is 7.99. The van der Waals surface area contributed by atoms with E-state index in [-0.39, 0.29) is 30.0 Å². The normalized spacial score (nSPS) is 18.6. The number of aromatic nitrogens is 2. The van der Waals surface area contributed by atoms with Gasteiger partial charge in [0.2, 0.25) is 11.8 Å². The van der Waals surface area contributed by atoms with E-state index in [1.165, 1.54) is 0 Å². The van der Waals surface area contributed by atoms with E-state index in [9.17, 15) is 19.5 Å². The van der Waals surface area contributed by atoms with E-state index in [1.54, 1.807) is 24.0 Å². The van der Waals surface area contributed by atoms with Crippen molar-refractivity contribution in [2.24, 2.45) is 11.3 Å². The van der Waals surface area contributed by atoms with Gasteiger partial charge in [0, 0.05) is 35.0 Å². The fraction of sp³-hybridized carbons (Fsp3) is 0.439. The molecule has 52 heavy (non-hydrogen) atoms. The number of para-hydroxylation sites is 1. The van der Waals surface area contributed by atoms with Gasteiger partial charge in [0.25, 0.3) is 5.91 Å². The Kier molecular flexibility index (Phi) is 13.4. The van der Waals surface area contributed by atoms with Gasteiger partial charge in [-0.3, -0.25) is 19.4 Å². The number of thioether (sulfide) groups is 1. The van der Waals surface area contributed by atoms with Crippen LogP contribution in [0, 0.1) is 11.3 Å². The molecule has 1 aliphatic heterocycles. The maximum absolute atomic E-state index is 14.2. The van der Waals surface area contributed by atoms with Crippen molar-refractivity contribution in [3.05, 3.63) is 108 Å². The second-order valence-electron chi connectivity index (χ2n) is 15.0. The molecule has 0 aliphatic carbocycles. The van der Waals surface area contributed by atoms with E-state index in [0.29, 0.717) is 17.2 Å². The lowest BCUT2D eigenvalue weighted by Gasteiger charge is -2.41. The smallest absolute Gasteiger partial charge is 0.270 e. The van der Waals surface area contributed by atoms with Crippen molar-refractivity contribution in [3.63, 3.8) is 0 Å². The van der Waals surface area contributed by atoms with Crippen LogP contribution in [-0.4, -0.2) is 75.4 Å². The number of hydrogen-bond donors (Lipinski definition) is 5. The van der Waals surface area contributed by atoms with Crippen molar-refractivity contribution < 1.29 is 19.5 Å². The van der Waals surface area contributed by atoms with E-state index in [2.05, 4.69) is 52.0 Å². The Morgan fingerprint density at radius 3 is 2.38 bits per heavy atom. The van der Waals surface area contributed by atoms with Crippen molar-refractivity contribution in [1.82, 2.24) is 31.2 Å². The highest BCUT2D eigenvalue weighted by Crippen LogP contribution is 2.39. The third kappa shape index (κ3) is 10.4. The summed E-state index contributed by atoms with van der Waals surface area (Å²) < 4.78 is 0. The molecule has 1 aliphatic rings. The number of amides is 3. The van der Waals surface area contributed by atoms with Crippen LogP contribution in [0.5, 0.6) is 0 Å². The number of nitrogens with one attached hydrogen (secondary N) is 4. The van der Waals surface area contributed by atoms with Crippen LogP contribution in [0.1, 0.15) is 75.1 Å². The Morgan fingerprint density at radius 1 is 0.942 bits per heavy atom. The van der Waals surface area contributed by atoms with Crippen LogP contribution in [0.3, 0.4) is 0 Å². The fourth-order valence-electron chi connectivity index (χ4n) is 6.88. The first kappa shape index (κ1) is 38.9. The Hall–Kier alpha value is -4.32. The first-order chi connectivity index (χ1) is 24.9. The molecule has 0 radical (unpaired) electrons. The average molecular weight is 725 g/mol. The van der Waals surface area contributed by atoms with E-state index >= 15 is 0 Å². The molecule has 0 spiro atoms. The number of carbonyl (C=O) groups is 3. The maximum Gasteiger partial charge on any atom is 0.270 e. The number of benzene rings is 2. The summed E-state index contributed by atoms with van der Waals surface area (Å²) in [6.07, 6.45) is 2.27. The van der Waals surface area contributed by atoms with E-state index in [1.807, 2.05) is 92.7 Å². The predicted molar refractivity (Wildman–Crippen MR) is 208 cm³/mol. The summed E-state index contributed by atoms with van der Waals surface area (Å²) in [4.78, 5) is 50.0. The SMILES string of the molecule is CC(C)[C@H](NC(=O)c1ccc2ccccc2n1)C(=O)NC(C(O)CNC(=O)C1CC(SCc2ccccn2)CCN1)C(c1ccccc1)C(C)(C)C. The second-order valence-corrected chi connectivity index (χ2v) is 16.3. The summed E-state index contributed by atoms with van der Waals surface area (Å²) in [5, 5.41) is 25.4. The minimum absolute atomic E-state index is 0.0627. The molecule has 0 saturated carbocycles. The number of piperidine rings is 1. The first-order valence-corrected chi connectivity index (χ1v) is 19.2. The molecule has 5 rings (SSSR count). The molecule has 1 fully saturated rings. The number of aliphatic hydroxyl groups is 1. The van der Waals surface area contributed by atoms with Crippen molar-refractivity contribution in [2.45, 2.75) is 88.6 Å². The minimum atomic E-state index is -1.14. The summed E-state index contributed by atoms with van der Waals surface area (Å²) in [6.45, 7) is 10.6. The summed E-state index contributed by atoms with van der Waals surface area (Å²) >= 11 is 1.81. The zero-order valence-corrected chi connectivity index (χ0v) is 31.5. The Labute approximate surface area is 311 Å². The van der Waals surface area contributed by atoms with Crippen molar-refractivity contribution in [2.75, 3.05) is 13.1 Å². The van der Waals surface area contributed by atoms with Gasteiger partial charge in [-0.1, -0.05) is 95.3 Å². The predicted octanol–water partition coefficient (Wildman–Crippen LogP) is 5.23. The quantitative estimate of drug-likeness (QED) is 0.119. The number of pyridine rings is 2. The standard InChI is InChI=1S/C41H52N6O4S/c1-26(2)36(46-39(50)32-19-18-27-13-9-10-17-31(27)45-32)40(51)47-37(35(41(3,4)5)28-14-7-6-8-15-28)34(48)24-44-38(49)33-23-30(20-22-43-33)52-25-29-16-11-12-21-42-29/h6-19,21,26,30,33-37,43,48H,20,22-25H2,1-5H3,(H,44,49)(H,46,50)(H,47,51)/t30?,33?,34?,35?,36-,37?/m0/s1. The van der Waals surface area contributed by atoms with Gasteiger partial charge in [-0.15, -0.1) is 0 Å². The number of nitrogens with zero attached hydrogens (tertiary/aromatic N) is 2. The molecule has 0 bridgehead atoms. The van der Waals surface area contributed by atoms with Crippen LogP contribution in [0.2, 0.25) is 0 Å². The number of carbonyl (C=O) groups excluding carboxylic acids is 3. The van der Waals surface area contributed by atoms with E-state index in [4.69, 9.17) is 0 Å². The Morgan fingerprint density at radius 2 is 1.67 bits per heavy atom. The molecular formula is C41H52N6O4S. The molecule has 3 amide bonds. The van der Waals surface area contributed by atoms with Crippen molar-refractivity contribution >= 4 is 40.4 Å². The lowest BCUT2D eigenvalue weighted by Crippen LogP contribution is -2.59. The summed E-state index contributed by atoms with van der Waals surface area (Å²) in [7, 11) is 0. The van der Waals surface area contributed by atoms with Gasteiger partial charge in [-0.05, 0) is 60.5 Å². The topological polar surface area (TPSA) is 145 Å². The van der Waals surface area contributed by atoms with Crippen molar-refractivity contribution in [1.29, 1.82) is 0 Å². The fourth-order valence-corrected chi connectivity index (χ4v) is 8.07. The van der Waals surface area contributed by atoms with Crippen LogP contribution in [-0.2, 0) is 15.3 Å². The molecular weight excluding hydrogens is 673 g/mol. The van der Waals surface area contributed by atoms with Gasteiger partial charge in [0.05, 0.1) is 29.4 Å². The number of hydrogen-bond acceptors (Lipinski definition) is 8. The molecule has 5 unspecified atom stereocenters. The van der Waals surface area contributed by atoms with Crippen LogP contribution in [0.4, 0.5) is 0 Å². The largest absolute Gasteiger partial charge is 0.389 e. The third-order valence-corrected chi connectivity index (χ3v) is 11.0. The highest BCUT2D eigenvalue weighted by atomic mass is 32.2. The summed E-state index contributed by atoms with van der Waals surface area (Å²) in [5.41, 5.74) is 2.45. The van der Waals surface area contributed by atoms with Crippen LogP contribution in [0.25, 0.3) is 10.9 Å². The van der Waals surface area contributed by atoms with Gasteiger partial charge >= 0.3 is 0 Å². The molecule has 2 aromatic heterocycles. The van der Waals surface area contributed by atoms with Crippen LogP contribution < -0.4 is 21.3 Å². The molecule has 4 aromatic rings. The van der Waals surface area contributed by atoms with Crippen molar-refractivity contribution in [3.8, 4) is 0 Å². The molecule has 2 aromatic carbocycles.